The molecule has 0 spiro atoms. The molecule has 1 nitrogen and oxygen atoms in total. The van der Waals surface area contributed by atoms with E-state index in [1.807, 2.05) is 0 Å². The van der Waals surface area contributed by atoms with Crippen LogP contribution >= 0.6 is 0 Å². The minimum atomic E-state index is -0.00791. The Balaban J connectivity index is 1.78. The summed E-state index contributed by atoms with van der Waals surface area (Å²) in [6.45, 7) is 4.75. The summed E-state index contributed by atoms with van der Waals surface area (Å²) >= 11 is 0. The van der Waals surface area contributed by atoms with E-state index in [0.717, 1.165) is 18.3 Å². The third-order valence-corrected chi connectivity index (χ3v) is 7.65. The molecule has 5 unspecified atom stereocenters. The number of hydrogen-bond acceptors (Lipinski definition) is 1. The molecule has 110 valence electrons. The van der Waals surface area contributed by atoms with Crippen molar-refractivity contribution < 1.29 is 4.79 Å². The number of fused-ring (bicyclic) bond motifs is 5. The average Bonchev–Trinajstić information content (AvgIpc) is 2.83. The molecule has 3 fully saturated rings. The molecular formula is C19H28O. The van der Waals surface area contributed by atoms with E-state index in [9.17, 15) is 4.79 Å². The zero-order valence-corrected chi connectivity index (χ0v) is 13.1. The maximum absolute atomic E-state index is 12.8. The third-order valence-electron chi connectivity index (χ3n) is 7.65. The predicted octanol–water partition coefficient (Wildman–Crippen LogP) is 4.91. The molecule has 0 amide bonds. The Kier molecular flexibility index (Phi) is 2.76. The highest BCUT2D eigenvalue weighted by molar-refractivity contribution is 5.97. The first-order chi connectivity index (χ1) is 9.56. The van der Waals surface area contributed by atoms with Gasteiger partial charge in [-0.2, -0.15) is 0 Å². The van der Waals surface area contributed by atoms with Gasteiger partial charge in [-0.05, 0) is 67.8 Å². The molecule has 0 aromatic heterocycles. The molecule has 4 aliphatic carbocycles. The average molecular weight is 272 g/mol. The number of hydrogen-bond donors (Lipinski definition) is 0. The van der Waals surface area contributed by atoms with Gasteiger partial charge in [-0.3, -0.25) is 4.79 Å². The molecular weight excluding hydrogens is 244 g/mol. The van der Waals surface area contributed by atoms with Crippen molar-refractivity contribution in [2.45, 2.75) is 71.6 Å². The Hall–Kier alpha value is -0.590. The van der Waals surface area contributed by atoms with Crippen LogP contribution in [-0.4, -0.2) is 5.78 Å². The molecule has 1 heteroatoms. The maximum Gasteiger partial charge on any atom is 0.161 e. The van der Waals surface area contributed by atoms with Crippen molar-refractivity contribution in [2.75, 3.05) is 0 Å². The molecule has 4 rings (SSSR count). The van der Waals surface area contributed by atoms with Crippen molar-refractivity contribution in [3.05, 3.63) is 11.6 Å². The van der Waals surface area contributed by atoms with Gasteiger partial charge in [0, 0.05) is 5.41 Å². The summed E-state index contributed by atoms with van der Waals surface area (Å²) in [5, 5.41) is 0. The van der Waals surface area contributed by atoms with E-state index in [0.29, 0.717) is 17.1 Å². The minimum Gasteiger partial charge on any atom is -0.294 e. The smallest absolute Gasteiger partial charge is 0.161 e. The van der Waals surface area contributed by atoms with Crippen LogP contribution in [0, 0.1) is 28.6 Å². The number of allylic oxidation sites excluding steroid dienone is 2. The quantitative estimate of drug-likeness (QED) is 0.612. The minimum absolute atomic E-state index is 0.00791. The number of rotatable bonds is 0. The Morgan fingerprint density at radius 3 is 2.60 bits per heavy atom. The largest absolute Gasteiger partial charge is 0.294 e. The molecule has 0 radical (unpaired) electrons. The monoisotopic (exact) mass is 272 g/mol. The molecule has 0 N–H and O–H groups in total. The van der Waals surface area contributed by atoms with Crippen LogP contribution in [0.1, 0.15) is 71.6 Å². The first-order valence-corrected chi connectivity index (χ1v) is 8.82. The molecule has 20 heavy (non-hydrogen) atoms. The van der Waals surface area contributed by atoms with Crippen molar-refractivity contribution in [3.8, 4) is 0 Å². The highest BCUT2D eigenvalue weighted by Crippen LogP contribution is 2.63. The zero-order valence-electron chi connectivity index (χ0n) is 13.1. The molecule has 0 aromatic rings. The first-order valence-electron chi connectivity index (χ1n) is 8.82. The standard InChI is InChI=1S/C19H28O/c1-18-10-4-3-6-13(18)8-9-14-15-7-5-11-19(15,2)17(20)12-16(14)18/h12-15H,3-11H2,1-2H3. The van der Waals surface area contributed by atoms with Crippen LogP contribution in [-0.2, 0) is 4.79 Å². The molecule has 3 saturated carbocycles. The first kappa shape index (κ1) is 13.1. The molecule has 0 aliphatic heterocycles. The third kappa shape index (κ3) is 1.53. The Bertz CT molecular complexity index is 476. The maximum atomic E-state index is 12.8. The number of ketones is 1. The second-order valence-corrected chi connectivity index (χ2v) is 8.42. The van der Waals surface area contributed by atoms with Crippen molar-refractivity contribution in [1.29, 1.82) is 0 Å². The number of carbonyl (C=O) groups excluding carboxylic acids is 1. The molecule has 0 aromatic carbocycles. The van der Waals surface area contributed by atoms with E-state index in [1.54, 1.807) is 5.57 Å². The summed E-state index contributed by atoms with van der Waals surface area (Å²) in [5.41, 5.74) is 1.94. The Morgan fingerprint density at radius 1 is 0.950 bits per heavy atom. The predicted molar refractivity (Wildman–Crippen MR) is 81.3 cm³/mol. The van der Waals surface area contributed by atoms with E-state index in [1.165, 1.54) is 51.4 Å². The molecule has 0 saturated heterocycles. The second-order valence-electron chi connectivity index (χ2n) is 8.42. The van der Waals surface area contributed by atoms with Gasteiger partial charge in [-0.25, -0.2) is 0 Å². The van der Waals surface area contributed by atoms with E-state index in [-0.39, 0.29) is 5.41 Å². The van der Waals surface area contributed by atoms with Gasteiger partial charge >= 0.3 is 0 Å². The Labute approximate surface area is 123 Å². The van der Waals surface area contributed by atoms with Gasteiger partial charge in [0.25, 0.3) is 0 Å². The lowest BCUT2D eigenvalue weighted by Crippen LogP contribution is -2.48. The van der Waals surface area contributed by atoms with Crippen LogP contribution in [0.3, 0.4) is 0 Å². The van der Waals surface area contributed by atoms with Crippen LogP contribution in [0.2, 0.25) is 0 Å². The Morgan fingerprint density at radius 2 is 1.75 bits per heavy atom. The lowest BCUT2D eigenvalue weighted by atomic mass is 9.49. The topological polar surface area (TPSA) is 17.1 Å². The number of carbonyl (C=O) groups is 1. The van der Waals surface area contributed by atoms with Crippen LogP contribution in [0.5, 0.6) is 0 Å². The normalized spacial score (nSPS) is 51.0. The van der Waals surface area contributed by atoms with Gasteiger partial charge in [-0.1, -0.05) is 38.7 Å². The van der Waals surface area contributed by atoms with Crippen molar-refractivity contribution >= 4 is 5.78 Å². The van der Waals surface area contributed by atoms with Gasteiger partial charge in [0.2, 0.25) is 0 Å². The summed E-state index contributed by atoms with van der Waals surface area (Å²) in [5.74, 6) is 2.73. The van der Waals surface area contributed by atoms with Crippen LogP contribution < -0.4 is 0 Å². The van der Waals surface area contributed by atoms with E-state index < -0.39 is 0 Å². The lowest BCUT2D eigenvalue weighted by molar-refractivity contribution is -0.128. The fraction of sp³-hybridized carbons (Fsp3) is 0.842. The molecule has 4 aliphatic rings. The van der Waals surface area contributed by atoms with E-state index in [4.69, 9.17) is 0 Å². The highest BCUT2D eigenvalue weighted by atomic mass is 16.1. The summed E-state index contributed by atoms with van der Waals surface area (Å²) < 4.78 is 0. The molecule has 5 atom stereocenters. The van der Waals surface area contributed by atoms with E-state index in [2.05, 4.69) is 19.9 Å². The van der Waals surface area contributed by atoms with Gasteiger partial charge in [0.1, 0.15) is 0 Å². The van der Waals surface area contributed by atoms with Crippen molar-refractivity contribution in [1.82, 2.24) is 0 Å². The van der Waals surface area contributed by atoms with Crippen LogP contribution in [0.4, 0.5) is 0 Å². The summed E-state index contributed by atoms with van der Waals surface area (Å²) in [6.07, 6.45) is 14.1. The zero-order chi connectivity index (χ0) is 14.0. The van der Waals surface area contributed by atoms with Gasteiger partial charge in [0.15, 0.2) is 5.78 Å². The second kappa shape index (κ2) is 4.21. The molecule has 0 heterocycles. The van der Waals surface area contributed by atoms with Gasteiger partial charge in [-0.15, -0.1) is 0 Å². The van der Waals surface area contributed by atoms with Gasteiger partial charge in [0.05, 0.1) is 0 Å². The lowest BCUT2D eigenvalue weighted by Gasteiger charge is -2.55. The van der Waals surface area contributed by atoms with Crippen molar-refractivity contribution in [3.63, 3.8) is 0 Å². The van der Waals surface area contributed by atoms with E-state index >= 15 is 0 Å². The summed E-state index contributed by atoms with van der Waals surface area (Å²) in [6, 6.07) is 0. The fourth-order valence-electron chi connectivity index (χ4n) is 6.35. The van der Waals surface area contributed by atoms with Crippen LogP contribution in [0.15, 0.2) is 11.6 Å². The van der Waals surface area contributed by atoms with Crippen molar-refractivity contribution in [2.24, 2.45) is 28.6 Å². The highest BCUT2D eigenvalue weighted by Gasteiger charge is 2.56. The van der Waals surface area contributed by atoms with Gasteiger partial charge < -0.3 is 0 Å². The van der Waals surface area contributed by atoms with Crippen LogP contribution in [0.25, 0.3) is 0 Å². The SMILES string of the molecule is CC12CCCCC1CCC1C2=CC(=O)C2(C)CCCC12. The summed E-state index contributed by atoms with van der Waals surface area (Å²) in [7, 11) is 0. The molecule has 0 bridgehead atoms. The summed E-state index contributed by atoms with van der Waals surface area (Å²) in [4.78, 5) is 12.8. The fourth-order valence-corrected chi connectivity index (χ4v) is 6.35.